The molecule has 1 unspecified atom stereocenters. The normalized spacial score (nSPS) is 21.7. The minimum atomic E-state index is 0.138. The molecule has 0 bridgehead atoms. The molecule has 0 N–H and O–H groups in total. The molecule has 0 aromatic heterocycles. The SMILES string of the molecule is Cc1ccccc1C1C=CC2=C(C1)c1ccccc1C2(C)C. The monoisotopic (exact) mass is 286 g/mol. The number of fused-ring (bicyclic) bond motifs is 2. The zero-order valence-electron chi connectivity index (χ0n) is 13.6. The number of hydrogen-bond donors (Lipinski definition) is 0. The van der Waals surface area contributed by atoms with Gasteiger partial charge in [0.15, 0.2) is 0 Å². The second kappa shape index (κ2) is 4.71. The molecular formula is C22H22. The van der Waals surface area contributed by atoms with Crippen LogP contribution in [0.2, 0.25) is 0 Å². The van der Waals surface area contributed by atoms with E-state index < -0.39 is 0 Å². The lowest BCUT2D eigenvalue weighted by molar-refractivity contribution is 0.649. The first kappa shape index (κ1) is 13.6. The summed E-state index contributed by atoms with van der Waals surface area (Å²) in [6.45, 7) is 6.93. The van der Waals surface area contributed by atoms with Gasteiger partial charge >= 0.3 is 0 Å². The van der Waals surface area contributed by atoms with E-state index in [0.717, 1.165) is 6.42 Å². The van der Waals surface area contributed by atoms with Gasteiger partial charge in [0.1, 0.15) is 0 Å². The molecule has 0 heterocycles. The van der Waals surface area contributed by atoms with Gasteiger partial charge in [-0.05, 0) is 46.7 Å². The van der Waals surface area contributed by atoms with Crippen LogP contribution in [-0.2, 0) is 5.41 Å². The van der Waals surface area contributed by atoms with Crippen molar-refractivity contribution in [3.05, 3.63) is 88.5 Å². The highest BCUT2D eigenvalue weighted by atomic mass is 14.4. The number of aryl methyl sites for hydroxylation is 1. The summed E-state index contributed by atoms with van der Waals surface area (Å²) in [5.41, 5.74) is 9.01. The summed E-state index contributed by atoms with van der Waals surface area (Å²) in [4.78, 5) is 0. The topological polar surface area (TPSA) is 0 Å². The molecule has 0 fully saturated rings. The van der Waals surface area contributed by atoms with Crippen LogP contribution < -0.4 is 0 Å². The van der Waals surface area contributed by atoms with Crippen LogP contribution in [0.1, 0.15) is 48.4 Å². The Hall–Kier alpha value is -2.08. The predicted octanol–water partition coefficient (Wildman–Crippen LogP) is 5.78. The van der Waals surface area contributed by atoms with E-state index in [2.05, 4.69) is 81.5 Å². The van der Waals surface area contributed by atoms with Gasteiger partial charge in [0.25, 0.3) is 0 Å². The summed E-state index contributed by atoms with van der Waals surface area (Å²) in [7, 11) is 0. The average Bonchev–Trinajstić information content (AvgIpc) is 2.76. The van der Waals surface area contributed by atoms with E-state index in [1.54, 1.807) is 5.57 Å². The summed E-state index contributed by atoms with van der Waals surface area (Å²) in [5.74, 6) is 0.502. The van der Waals surface area contributed by atoms with Crippen molar-refractivity contribution in [3.8, 4) is 0 Å². The van der Waals surface area contributed by atoms with Crippen molar-refractivity contribution in [3.63, 3.8) is 0 Å². The van der Waals surface area contributed by atoms with Crippen molar-refractivity contribution in [2.45, 2.75) is 38.5 Å². The molecule has 22 heavy (non-hydrogen) atoms. The highest BCUT2D eigenvalue weighted by Crippen LogP contribution is 2.52. The van der Waals surface area contributed by atoms with Crippen LogP contribution in [0.4, 0.5) is 0 Å². The van der Waals surface area contributed by atoms with Crippen LogP contribution in [0.5, 0.6) is 0 Å². The summed E-state index contributed by atoms with van der Waals surface area (Å²) < 4.78 is 0. The largest absolute Gasteiger partial charge is 0.0763 e. The molecule has 2 aliphatic rings. The Labute approximate surface area is 133 Å². The first-order chi connectivity index (χ1) is 10.6. The highest BCUT2D eigenvalue weighted by molar-refractivity contribution is 5.83. The Morgan fingerprint density at radius 1 is 0.955 bits per heavy atom. The molecule has 0 heteroatoms. The van der Waals surface area contributed by atoms with Gasteiger partial charge in [-0.3, -0.25) is 0 Å². The first-order valence-corrected chi connectivity index (χ1v) is 8.16. The number of rotatable bonds is 1. The van der Waals surface area contributed by atoms with E-state index in [4.69, 9.17) is 0 Å². The van der Waals surface area contributed by atoms with E-state index >= 15 is 0 Å². The molecule has 0 saturated heterocycles. The lowest BCUT2D eigenvalue weighted by Gasteiger charge is -2.26. The molecule has 0 amide bonds. The third-order valence-corrected chi connectivity index (χ3v) is 5.43. The average molecular weight is 286 g/mol. The lowest BCUT2D eigenvalue weighted by atomic mass is 9.77. The molecule has 110 valence electrons. The first-order valence-electron chi connectivity index (χ1n) is 8.16. The van der Waals surface area contributed by atoms with Gasteiger partial charge in [-0.25, -0.2) is 0 Å². The van der Waals surface area contributed by atoms with Gasteiger partial charge in [-0.15, -0.1) is 0 Å². The van der Waals surface area contributed by atoms with Crippen LogP contribution >= 0.6 is 0 Å². The quantitative estimate of drug-likeness (QED) is 0.623. The van der Waals surface area contributed by atoms with Crippen LogP contribution in [0, 0.1) is 6.92 Å². The van der Waals surface area contributed by atoms with Crippen LogP contribution in [-0.4, -0.2) is 0 Å². The van der Waals surface area contributed by atoms with Crippen molar-refractivity contribution in [2.75, 3.05) is 0 Å². The Kier molecular flexibility index (Phi) is 2.91. The molecule has 4 rings (SSSR count). The fourth-order valence-electron chi connectivity index (χ4n) is 4.20. The standard InChI is InChI=1S/C22H22/c1-15-8-4-5-9-17(15)16-12-13-21-19(14-16)18-10-6-7-11-20(18)22(21,2)3/h4-13,16H,14H2,1-3H3. The summed E-state index contributed by atoms with van der Waals surface area (Å²) in [5, 5.41) is 0. The van der Waals surface area contributed by atoms with E-state index in [1.165, 1.54) is 27.8 Å². The van der Waals surface area contributed by atoms with Crippen LogP contribution in [0.15, 0.2) is 66.3 Å². The van der Waals surface area contributed by atoms with E-state index in [0.29, 0.717) is 5.92 Å². The third kappa shape index (κ3) is 1.83. The van der Waals surface area contributed by atoms with Gasteiger partial charge in [-0.1, -0.05) is 74.5 Å². The van der Waals surface area contributed by atoms with E-state index in [9.17, 15) is 0 Å². The predicted molar refractivity (Wildman–Crippen MR) is 94.1 cm³/mol. The smallest absolute Gasteiger partial charge is 0.0155 e. The number of allylic oxidation sites excluding steroid dienone is 4. The van der Waals surface area contributed by atoms with Crippen molar-refractivity contribution < 1.29 is 0 Å². The number of hydrogen-bond acceptors (Lipinski definition) is 0. The molecule has 0 aliphatic heterocycles. The van der Waals surface area contributed by atoms with E-state index in [-0.39, 0.29) is 5.41 Å². The second-order valence-electron chi connectivity index (χ2n) is 7.09. The summed E-state index contributed by atoms with van der Waals surface area (Å²) in [6, 6.07) is 17.7. The molecule has 0 radical (unpaired) electrons. The Bertz CT molecular complexity index is 802. The van der Waals surface area contributed by atoms with Gasteiger partial charge in [0.2, 0.25) is 0 Å². The second-order valence-corrected chi connectivity index (χ2v) is 7.09. The third-order valence-electron chi connectivity index (χ3n) is 5.43. The minimum Gasteiger partial charge on any atom is -0.0763 e. The molecule has 2 aromatic rings. The zero-order chi connectivity index (χ0) is 15.3. The molecule has 0 nitrogen and oxygen atoms in total. The van der Waals surface area contributed by atoms with Gasteiger partial charge in [0, 0.05) is 11.3 Å². The Morgan fingerprint density at radius 2 is 1.68 bits per heavy atom. The Morgan fingerprint density at radius 3 is 2.50 bits per heavy atom. The van der Waals surface area contributed by atoms with Crippen molar-refractivity contribution in [1.29, 1.82) is 0 Å². The maximum Gasteiger partial charge on any atom is 0.0155 e. The minimum absolute atomic E-state index is 0.138. The van der Waals surface area contributed by atoms with Gasteiger partial charge < -0.3 is 0 Å². The van der Waals surface area contributed by atoms with Crippen molar-refractivity contribution >= 4 is 5.57 Å². The lowest BCUT2D eigenvalue weighted by Crippen LogP contribution is -2.17. The molecule has 1 atom stereocenters. The van der Waals surface area contributed by atoms with Gasteiger partial charge in [0.05, 0.1) is 0 Å². The van der Waals surface area contributed by atoms with Crippen molar-refractivity contribution in [1.82, 2.24) is 0 Å². The molecule has 0 saturated carbocycles. The van der Waals surface area contributed by atoms with Crippen LogP contribution in [0.3, 0.4) is 0 Å². The van der Waals surface area contributed by atoms with E-state index in [1.807, 2.05) is 0 Å². The fraction of sp³-hybridized carbons (Fsp3) is 0.273. The molecular weight excluding hydrogens is 264 g/mol. The molecule has 2 aliphatic carbocycles. The molecule has 2 aromatic carbocycles. The maximum absolute atomic E-state index is 2.41. The van der Waals surface area contributed by atoms with Crippen LogP contribution in [0.25, 0.3) is 5.57 Å². The summed E-state index contributed by atoms with van der Waals surface area (Å²) in [6.07, 6.45) is 5.92. The van der Waals surface area contributed by atoms with Gasteiger partial charge in [-0.2, -0.15) is 0 Å². The maximum atomic E-state index is 2.41. The highest BCUT2D eigenvalue weighted by Gasteiger charge is 2.38. The zero-order valence-corrected chi connectivity index (χ0v) is 13.6. The fourth-order valence-corrected chi connectivity index (χ4v) is 4.20. The summed E-state index contributed by atoms with van der Waals surface area (Å²) >= 11 is 0. The number of benzene rings is 2. The molecule has 0 spiro atoms. The Balaban J connectivity index is 1.80. The van der Waals surface area contributed by atoms with Crippen molar-refractivity contribution in [2.24, 2.45) is 0 Å².